The second-order valence-corrected chi connectivity index (χ2v) is 5.18. The molecule has 1 amide bonds. The number of para-hydroxylation sites is 1. The van der Waals surface area contributed by atoms with Crippen molar-refractivity contribution in [3.8, 4) is 0 Å². The van der Waals surface area contributed by atoms with E-state index in [4.69, 9.17) is 0 Å². The SMILES string of the molecule is CC1CCCN(C(=O)c2ccccc2[N+](=O)[O-])C1C(=O)O. The third kappa shape index (κ3) is 2.86. The van der Waals surface area contributed by atoms with Crippen LogP contribution in [0.25, 0.3) is 0 Å². The molecule has 1 aliphatic rings. The highest BCUT2D eigenvalue weighted by atomic mass is 16.6. The van der Waals surface area contributed by atoms with Crippen molar-refractivity contribution in [2.45, 2.75) is 25.8 Å². The molecular formula is C14H16N2O5. The number of hydrogen-bond donors (Lipinski definition) is 1. The highest BCUT2D eigenvalue weighted by Gasteiger charge is 2.38. The van der Waals surface area contributed by atoms with Crippen molar-refractivity contribution in [3.63, 3.8) is 0 Å². The Balaban J connectivity index is 2.38. The molecule has 1 aromatic rings. The van der Waals surface area contributed by atoms with E-state index in [1.807, 2.05) is 0 Å². The fourth-order valence-electron chi connectivity index (χ4n) is 2.76. The van der Waals surface area contributed by atoms with Gasteiger partial charge in [-0.25, -0.2) is 4.79 Å². The summed E-state index contributed by atoms with van der Waals surface area (Å²) in [6.07, 6.45) is 1.41. The van der Waals surface area contributed by atoms with E-state index in [9.17, 15) is 24.8 Å². The molecule has 0 saturated carbocycles. The fraction of sp³-hybridized carbons (Fsp3) is 0.429. The number of nitro benzene ring substituents is 1. The molecule has 112 valence electrons. The van der Waals surface area contributed by atoms with E-state index in [0.29, 0.717) is 13.0 Å². The van der Waals surface area contributed by atoms with Gasteiger partial charge in [-0.05, 0) is 24.8 Å². The van der Waals surface area contributed by atoms with Crippen molar-refractivity contribution in [3.05, 3.63) is 39.9 Å². The number of nitro groups is 1. The van der Waals surface area contributed by atoms with E-state index in [1.165, 1.54) is 29.2 Å². The van der Waals surface area contributed by atoms with Crippen molar-refractivity contribution in [1.82, 2.24) is 4.90 Å². The van der Waals surface area contributed by atoms with Crippen molar-refractivity contribution in [2.75, 3.05) is 6.54 Å². The van der Waals surface area contributed by atoms with Gasteiger partial charge in [-0.3, -0.25) is 14.9 Å². The maximum atomic E-state index is 12.5. The zero-order valence-electron chi connectivity index (χ0n) is 11.6. The van der Waals surface area contributed by atoms with Crippen LogP contribution in [0.15, 0.2) is 24.3 Å². The Hall–Kier alpha value is -2.44. The van der Waals surface area contributed by atoms with Crippen molar-refractivity contribution >= 4 is 17.6 Å². The summed E-state index contributed by atoms with van der Waals surface area (Å²) >= 11 is 0. The van der Waals surface area contributed by atoms with Crippen LogP contribution < -0.4 is 0 Å². The molecule has 0 aliphatic carbocycles. The summed E-state index contributed by atoms with van der Waals surface area (Å²) in [7, 11) is 0. The number of carbonyl (C=O) groups is 2. The van der Waals surface area contributed by atoms with Gasteiger partial charge in [0.1, 0.15) is 11.6 Å². The Morgan fingerprint density at radius 1 is 1.38 bits per heavy atom. The zero-order valence-corrected chi connectivity index (χ0v) is 11.6. The summed E-state index contributed by atoms with van der Waals surface area (Å²) in [4.78, 5) is 35.6. The van der Waals surface area contributed by atoms with Gasteiger partial charge in [-0.1, -0.05) is 19.1 Å². The number of piperidine rings is 1. The van der Waals surface area contributed by atoms with Crippen LogP contribution in [-0.4, -0.2) is 39.4 Å². The molecule has 21 heavy (non-hydrogen) atoms. The maximum absolute atomic E-state index is 12.5. The standard InChI is InChI=1S/C14H16N2O5/c1-9-5-4-8-15(12(9)14(18)19)13(17)10-6-2-3-7-11(10)16(20)21/h2-3,6-7,9,12H,4-5,8H2,1H3,(H,18,19). The molecule has 1 aliphatic heterocycles. The lowest BCUT2D eigenvalue weighted by Crippen LogP contribution is -2.52. The summed E-state index contributed by atoms with van der Waals surface area (Å²) in [5, 5.41) is 20.3. The molecular weight excluding hydrogens is 276 g/mol. The number of benzene rings is 1. The van der Waals surface area contributed by atoms with E-state index in [-0.39, 0.29) is 17.2 Å². The first-order valence-electron chi connectivity index (χ1n) is 6.70. The lowest BCUT2D eigenvalue weighted by Gasteiger charge is -2.37. The molecule has 7 nitrogen and oxygen atoms in total. The lowest BCUT2D eigenvalue weighted by molar-refractivity contribution is -0.385. The highest BCUT2D eigenvalue weighted by molar-refractivity contribution is 6.00. The van der Waals surface area contributed by atoms with Gasteiger partial charge in [0.05, 0.1) is 4.92 Å². The van der Waals surface area contributed by atoms with Crippen LogP contribution in [0.2, 0.25) is 0 Å². The van der Waals surface area contributed by atoms with Crippen LogP contribution in [0.1, 0.15) is 30.1 Å². The Morgan fingerprint density at radius 3 is 2.67 bits per heavy atom. The highest BCUT2D eigenvalue weighted by Crippen LogP contribution is 2.27. The second kappa shape index (κ2) is 5.90. The van der Waals surface area contributed by atoms with Crippen LogP contribution in [0.5, 0.6) is 0 Å². The molecule has 0 radical (unpaired) electrons. The third-order valence-corrected chi connectivity index (χ3v) is 3.78. The smallest absolute Gasteiger partial charge is 0.326 e. The minimum absolute atomic E-state index is 0.0668. The van der Waals surface area contributed by atoms with Crippen LogP contribution in [-0.2, 0) is 4.79 Å². The lowest BCUT2D eigenvalue weighted by atomic mass is 9.90. The Morgan fingerprint density at radius 2 is 2.05 bits per heavy atom. The molecule has 1 N–H and O–H groups in total. The summed E-state index contributed by atoms with van der Waals surface area (Å²) in [5.41, 5.74) is -0.368. The third-order valence-electron chi connectivity index (χ3n) is 3.78. The molecule has 1 aromatic carbocycles. The normalized spacial score (nSPS) is 21.9. The summed E-state index contributed by atoms with van der Waals surface area (Å²) in [6, 6.07) is 4.67. The van der Waals surface area contributed by atoms with Crippen molar-refractivity contribution in [1.29, 1.82) is 0 Å². The van der Waals surface area contributed by atoms with Gasteiger partial charge >= 0.3 is 5.97 Å². The molecule has 1 fully saturated rings. The minimum atomic E-state index is -1.07. The molecule has 2 unspecified atom stereocenters. The average Bonchev–Trinajstić information content (AvgIpc) is 2.45. The molecule has 1 heterocycles. The predicted molar refractivity (Wildman–Crippen MR) is 74.0 cm³/mol. The second-order valence-electron chi connectivity index (χ2n) is 5.18. The monoisotopic (exact) mass is 292 g/mol. The average molecular weight is 292 g/mol. The van der Waals surface area contributed by atoms with E-state index < -0.39 is 22.8 Å². The molecule has 2 rings (SSSR count). The summed E-state index contributed by atoms with van der Waals surface area (Å²) in [5.74, 6) is -1.85. The van der Waals surface area contributed by atoms with Gasteiger partial charge in [0.25, 0.3) is 11.6 Å². The Labute approximate surface area is 121 Å². The Kier molecular flexibility index (Phi) is 4.21. The predicted octanol–water partition coefficient (Wildman–Crippen LogP) is 1.92. The zero-order chi connectivity index (χ0) is 15.6. The topological polar surface area (TPSA) is 101 Å². The van der Waals surface area contributed by atoms with E-state index in [0.717, 1.165) is 6.42 Å². The quantitative estimate of drug-likeness (QED) is 0.677. The summed E-state index contributed by atoms with van der Waals surface area (Å²) in [6.45, 7) is 2.07. The summed E-state index contributed by atoms with van der Waals surface area (Å²) < 4.78 is 0. The molecule has 1 saturated heterocycles. The van der Waals surface area contributed by atoms with Crippen LogP contribution in [0.4, 0.5) is 5.69 Å². The van der Waals surface area contributed by atoms with E-state index in [2.05, 4.69) is 0 Å². The maximum Gasteiger partial charge on any atom is 0.326 e. The number of likely N-dealkylation sites (tertiary alicyclic amines) is 1. The first kappa shape index (κ1) is 15.0. The van der Waals surface area contributed by atoms with E-state index in [1.54, 1.807) is 6.92 Å². The van der Waals surface area contributed by atoms with Crippen LogP contribution in [0, 0.1) is 16.0 Å². The van der Waals surface area contributed by atoms with Crippen LogP contribution >= 0.6 is 0 Å². The number of nitrogens with zero attached hydrogens (tertiary/aromatic N) is 2. The molecule has 0 spiro atoms. The first-order chi connectivity index (χ1) is 9.93. The first-order valence-corrected chi connectivity index (χ1v) is 6.70. The molecule has 0 bridgehead atoms. The van der Waals surface area contributed by atoms with Crippen molar-refractivity contribution < 1.29 is 19.6 Å². The molecule has 2 atom stereocenters. The Bertz CT molecular complexity index is 586. The number of carboxylic acids is 1. The minimum Gasteiger partial charge on any atom is -0.480 e. The van der Waals surface area contributed by atoms with Gasteiger partial charge in [0.15, 0.2) is 0 Å². The number of rotatable bonds is 3. The largest absolute Gasteiger partial charge is 0.480 e. The number of hydrogen-bond acceptors (Lipinski definition) is 4. The fourth-order valence-corrected chi connectivity index (χ4v) is 2.76. The number of carbonyl (C=O) groups excluding carboxylic acids is 1. The number of aliphatic carboxylic acids is 1. The molecule has 7 heteroatoms. The van der Waals surface area contributed by atoms with Gasteiger partial charge in [0.2, 0.25) is 0 Å². The molecule has 0 aromatic heterocycles. The van der Waals surface area contributed by atoms with E-state index >= 15 is 0 Å². The van der Waals surface area contributed by atoms with Gasteiger partial charge in [0, 0.05) is 12.6 Å². The van der Waals surface area contributed by atoms with Crippen LogP contribution in [0.3, 0.4) is 0 Å². The van der Waals surface area contributed by atoms with Gasteiger partial charge < -0.3 is 10.0 Å². The number of carboxylic acid groups (broad SMARTS) is 1. The van der Waals surface area contributed by atoms with Gasteiger partial charge in [-0.15, -0.1) is 0 Å². The van der Waals surface area contributed by atoms with Gasteiger partial charge in [-0.2, -0.15) is 0 Å². The van der Waals surface area contributed by atoms with Crippen molar-refractivity contribution in [2.24, 2.45) is 5.92 Å². The number of amides is 1.